The number of nitrogens with one attached hydrogen (secondary N) is 3. The zero-order valence-electron chi connectivity index (χ0n) is 33.4. The Morgan fingerprint density at radius 1 is 0.946 bits per heavy atom. The number of carbonyl (C=O) groups excluding carboxylic acids is 3. The summed E-state index contributed by atoms with van der Waals surface area (Å²) < 4.78 is 12.7. The van der Waals surface area contributed by atoms with Crippen molar-refractivity contribution in [3.8, 4) is 22.3 Å². The van der Waals surface area contributed by atoms with E-state index in [2.05, 4.69) is 81.5 Å². The first-order valence-corrected chi connectivity index (χ1v) is 21.6. The minimum atomic E-state index is -0.641. The van der Waals surface area contributed by atoms with Gasteiger partial charge in [0.15, 0.2) is 0 Å². The molecule has 1 aliphatic heterocycles. The summed E-state index contributed by atoms with van der Waals surface area (Å²) in [5.41, 5.74) is 7.50. The number of alkyl carbamates (subject to hydrolysis) is 1. The Morgan fingerprint density at radius 3 is 2.11 bits per heavy atom. The second-order valence-electron chi connectivity index (χ2n) is 14.4. The van der Waals surface area contributed by atoms with Crippen LogP contribution in [0, 0.1) is 0 Å². The van der Waals surface area contributed by atoms with Gasteiger partial charge in [0, 0.05) is 35.0 Å². The van der Waals surface area contributed by atoms with Crippen LogP contribution in [0.5, 0.6) is 0 Å². The van der Waals surface area contributed by atoms with Crippen molar-refractivity contribution in [3.05, 3.63) is 58.8 Å². The minimum absolute atomic E-state index is 0.139. The molecule has 1 fully saturated rings. The number of thiophene rings is 2. The van der Waals surface area contributed by atoms with Gasteiger partial charge in [-0.05, 0) is 81.7 Å². The number of aromatic amines is 2. The van der Waals surface area contributed by atoms with E-state index in [1.54, 1.807) is 38.7 Å². The van der Waals surface area contributed by atoms with E-state index in [1.165, 1.54) is 28.5 Å². The third-order valence-corrected chi connectivity index (χ3v) is 11.0. The number of methoxy groups -OCH3 is 1. The molecule has 7 rings (SSSR count). The maximum absolute atomic E-state index is 12.9. The average Bonchev–Trinajstić information content (AvgIpc) is 4.01. The molecule has 1 aliphatic rings. The summed E-state index contributed by atoms with van der Waals surface area (Å²) in [7, 11) is 1.27. The molecule has 3 N–H and O–H groups in total. The Labute approximate surface area is 341 Å². The van der Waals surface area contributed by atoms with Crippen molar-refractivity contribution in [1.29, 1.82) is 0 Å². The van der Waals surface area contributed by atoms with Gasteiger partial charge in [-0.25, -0.2) is 19.6 Å². The van der Waals surface area contributed by atoms with E-state index in [4.69, 9.17) is 14.7 Å². The highest BCUT2D eigenvalue weighted by Crippen LogP contribution is 2.45. The number of fused-ring (bicyclic) bond motifs is 3. The SMILES string of the molecule is CCC.CCCN(Cc1nc2ccc(-c3csc4c(-c5ccc6nc(C7CCCN7C(=O)OC(C)(C)C)[nH]c6c5)csc34)cc2[nH]1)C(=O)CNC(=O)OC.CS. The maximum atomic E-state index is 12.9. The van der Waals surface area contributed by atoms with Crippen molar-refractivity contribution in [2.45, 2.75) is 85.4 Å². The third kappa shape index (κ3) is 9.85. The highest BCUT2D eigenvalue weighted by Gasteiger charge is 2.35. The average molecular weight is 820 g/mol. The van der Waals surface area contributed by atoms with Crippen molar-refractivity contribution in [3.63, 3.8) is 0 Å². The van der Waals surface area contributed by atoms with E-state index in [-0.39, 0.29) is 24.6 Å². The number of hydrogen-bond acceptors (Lipinski definition) is 10. The number of nitrogens with zero attached hydrogens (tertiary/aromatic N) is 4. The Kier molecular flexibility index (Phi) is 14.5. The lowest BCUT2D eigenvalue weighted by Gasteiger charge is -2.27. The first kappa shape index (κ1) is 42.5. The van der Waals surface area contributed by atoms with Crippen LogP contribution in [-0.2, 0) is 20.8 Å². The van der Waals surface area contributed by atoms with E-state index < -0.39 is 11.7 Å². The lowest BCUT2D eigenvalue weighted by Crippen LogP contribution is -2.40. The van der Waals surface area contributed by atoms with Crippen LogP contribution in [0.4, 0.5) is 9.59 Å². The summed E-state index contributed by atoms with van der Waals surface area (Å²) >= 11 is 6.99. The summed E-state index contributed by atoms with van der Waals surface area (Å²) in [5, 5.41) is 6.88. The van der Waals surface area contributed by atoms with Crippen molar-refractivity contribution in [2.75, 3.05) is 33.0 Å². The predicted molar refractivity (Wildman–Crippen MR) is 232 cm³/mol. The van der Waals surface area contributed by atoms with Gasteiger partial charge < -0.3 is 29.7 Å². The monoisotopic (exact) mass is 819 g/mol. The lowest BCUT2D eigenvalue weighted by atomic mass is 10.1. The van der Waals surface area contributed by atoms with Crippen LogP contribution in [0.2, 0.25) is 0 Å². The van der Waals surface area contributed by atoms with E-state index in [0.717, 1.165) is 63.8 Å². The molecular formula is C41H53N7O5S3. The summed E-state index contributed by atoms with van der Waals surface area (Å²) in [6.07, 6.45) is 4.53. The highest BCUT2D eigenvalue weighted by atomic mass is 32.1. The molecular weight excluding hydrogens is 767 g/mol. The van der Waals surface area contributed by atoms with E-state index in [1.807, 2.05) is 39.8 Å². The van der Waals surface area contributed by atoms with Crippen molar-refractivity contribution >= 4 is 84.9 Å². The molecule has 0 aliphatic carbocycles. The van der Waals surface area contributed by atoms with E-state index in [0.29, 0.717) is 25.5 Å². The maximum Gasteiger partial charge on any atom is 0.410 e. The summed E-state index contributed by atoms with van der Waals surface area (Å²) in [6.45, 7) is 13.3. The van der Waals surface area contributed by atoms with Crippen LogP contribution in [0.3, 0.4) is 0 Å². The number of benzene rings is 2. The molecule has 56 heavy (non-hydrogen) atoms. The summed E-state index contributed by atoms with van der Waals surface area (Å²) in [6, 6.07) is 12.4. The van der Waals surface area contributed by atoms with Gasteiger partial charge >= 0.3 is 12.2 Å². The first-order chi connectivity index (χ1) is 26.9. The molecule has 4 aromatic heterocycles. The summed E-state index contributed by atoms with van der Waals surface area (Å²) in [5.74, 6) is 1.26. The fourth-order valence-electron chi connectivity index (χ4n) is 6.54. The number of carbonyl (C=O) groups is 3. The van der Waals surface area contributed by atoms with Gasteiger partial charge in [0.25, 0.3) is 0 Å². The highest BCUT2D eigenvalue weighted by molar-refractivity contribution is 7.79. The molecule has 300 valence electrons. The number of ether oxygens (including phenoxy) is 2. The molecule has 0 saturated carbocycles. The first-order valence-electron chi connectivity index (χ1n) is 18.9. The number of imidazole rings is 2. The molecule has 0 spiro atoms. The van der Waals surface area contributed by atoms with Gasteiger partial charge in [0.2, 0.25) is 5.91 Å². The lowest BCUT2D eigenvalue weighted by molar-refractivity contribution is -0.130. The molecule has 2 aromatic carbocycles. The molecule has 1 atom stereocenters. The van der Waals surface area contributed by atoms with Crippen molar-refractivity contribution in [2.24, 2.45) is 0 Å². The Balaban J connectivity index is 0.00000115. The normalized spacial score (nSPS) is 13.9. The number of thiol groups is 1. The van der Waals surface area contributed by atoms with Crippen LogP contribution in [0.1, 0.15) is 84.9 Å². The van der Waals surface area contributed by atoms with Gasteiger partial charge in [-0.3, -0.25) is 9.69 Å². The molecule has 1 saturated heterocycles. The van der Waals surface area contributed by atoms with Gasteiger partial charge in [0.1, 0.15) is 23.8 Å². The predicted octanol–water partition coefficient (Wildman–Crippen LogP) is 10.2. The topological polar surface area (TPSA) is 146 Å². The number of H-pyrrole nitrogens is 2. The largest absolute Gasteiger partial charge is 0.453 e. The van der Waals surface area contributed by atoms with Crippen LogP contribution >= 0.6 is 35.3 Å². The molecule has 1 unspecified atom stereocenters. The van der Waals surface area contributed by atoms with Gasteiger partial charge in [-0.15, -0.1) is 22.7 Å². The number of likely N-dealkylation sites (tertiary alicyclic amines) is 1. The van der Waals surface area contributed by atoms with Gasteiger partial charge in [-0.1, -0.05) is 39.3 Å². The Morgan fingerprint density at radius 2 is 1.54 bits per heavy atom. The van der Waals surface area contributed by atoms with Crippen LogP contribution in [-0.4, -0.2) is 86.4 Å². The smallest absolute Gasteiger partial charge is 0.410 e. The Hall–Kier alpha value is -4.60. The fraction of sp³-hybridized carbons (Fsp3) is 0.439. The second kappa shape index (κ2) is 19.0. The number of hydrogen-bond donors (Lipinski definition) is 4. The minimum Gasteiger partial charge on any atom is -0.453 e. The molecule has 3 amide bonds. The van der Waals surface area contributed by atoms with Crippen LogP contribution < -0.4 is 5.32 Å². The molecule has 15 heteroatoms. The Bertz CT molecular complexity index is 2270. The number of amides is 3. The number of rotatable bonds is 9. The van der Waals surface area contributed by atoms with Crippen molar-refractivity contribution < 1.29 is 23.9 Å². The second-order valence-corrected chi connectivity index (χ2v) is 16.2. The third-order valence-electron chi connectivity index (χ3n) is 8.89. The molecule has 6 aromatic rings. The molecule has 12 nitrogen and oxygen atoms in total. The molecule has 0 bridgehead atoms. The van der Waals surface area contributed by atoms with Crippen molar-refractivity contribution in [1.82, 2.24) is 35.1 Å². The summed E-state index contributed by atoms with van der Waals surface area (Å²) in [4.78, 5) is 57.2. The van der Waals surface area contributed by atoms with Gasteiger partial charge in [-0.2, -0.15) is 12.6 Å². The zero-order chi connectivity index (χ0) is 40.6. The zero-order valence-corrected chi connectivity index (χ0v) is 36.0. The molecule has 5 heterocycles. The number of aromatic nitrogens is 4. The van der Waals surface area contributed by atoms with Gasteiger partial charge in [0.05, 0.1) is 51.2 Å². The fourth-order valence-corrected chi connectivity index (χ4v) is 9.00. The van der Waals surface area contributed by atoms with E-state index in [9.17, 15) is 14.4 Å². The quantitative estimate of drug-likeness (QED) is 0.106. The molecule has 0 radical (unpaired) electrons. The van der Waals surface area contributed by atoms with Crippen LogP contribution in [0.25, 0.3) is 53.7 Å². The van der Waals surface area contributed by atoms with Crippen LogP contribution in [0.15, 0.2) is 47.2 Å². The van der Waals surface area contributed by atoms with E-state index >= 15 is 0 Å². The standard InChI is InChI=1S/C37H41N7O5S2.C3H8.CH4S/c1-6-13-43(31(45)17-38-35(46)48-5)18-30-39-25-11-9-21(15-27(25)40-30)23-19-50-33-24(20-51-32(23)33)22-10-12-26-28(16-22)42-34(41-26)29-8-7-14-44(29)36(47)49-37(2,3)4;1-3-2;1-2/h9-12,15-16,19-20,29H,6-8,13-14,17-18H2,1-5H3,(H,38,46)(H,39,40)(H,41,42);3H2,1-2H3;2H,1H3.